The fourth-order valence-corrected chi connectivity index (χ4v) is 4.18. The highest BCUT2D eigenvalue weighted by Gasteiger charge is 2.25. The average Bonchev–Trinajstić information content (AvgIpc) is 3.20. The zero-order valence-corrected chi connectivity index (χ0v) is 17.0. The van der Waals surface area contributed by atoms with E-state index in [1.807, 2.05) is 24.0 Å². The van der Waals surface area contributed by atoms with Crippen molar-refractivity contribution in [1.29, 1.82) is 0 Å². The molecule has 2 N–H and O–H groups in total. The van der Waals surface area contributed by atoms with Crippen molar-refractivity contribution in [2.24, 2.45) is 0 Å². The van der Waals surface area contributed by atoms with Crippen LogP contribution in [0.4, 0.5) is 5.69 Å². The van der Waals surface area contributed by atoms with Crippen LogP contribution in [-0.4, -0.2) is 43.8 Å². The number of phenols is 1. The zero-order chi connectivity index (χ0) is 21.1. The number of nitrogens with zero attached hydrogens (tertiary/aromatic N) is 3. The lowest BCUT2D eigenvalue weighted by Crippen LogP contribution is -2.41. The molecule has 0 unspecified atom stereocenters. The highest BCUT2D eigenvalue weighted by atomic mass is 16.3. The van der Waals surface area contributed by atoms with E-state index in [9.17, 15) is 14.7 Å². The van der Waals surface area contributed by atoms with Gasteiger partial charge in [0.05, 0.1) is 11.9 Å². The van der Waals surface area contributed by atoms with Gasteiger partial charge in [-0.25, -0.2) is 4.98 Å². The van der Waals surface area contributed by atoms with Gasteiger partial charge in [-0.2, -0.15) is 0 Å². The first-order valence-corrected chi connectivity index (χ1v) is 10.5. The van der Waals surface area contributed by atoms with Crippen LogP contribution in [0.5, 0.6) is 5.75 Å². The summed E-state index contributed by atoms with van der Waals surface area (Å²) in [6.45, 7) is 2.62. The second kappa shape index (κ2) is 8.57. The average molecular weight is 406 g/mol. The van der Waals surface area contributed by atoms with Crippen LogP contribution in [-0.2, 0) is 0 Å². The Morgan fingerprint density at radius 1 is 1.20 bits per heavy atom. The number of rotatable bonds is 5. The number of imidazole rings is 1. The van der Waals surface area contributed by atoms with Crippen LogP contribution in [0.1, 0.15) is 59.9 Å². The standard InChI is InChI=1S/C23H26N4O3/c1-2-26(17-8-4-3-5-9-17)23(30)16-11-12-18(20(28)14-16)25-22(29)19-15-24-21-10-6-7-13-27(19)21/h6-7,10-15,17,28H,2-5,8-9H2,1H3,(H,25,29). The number of aromatic nitrogens is 2. The van der Waals surface area contributed by atoms with E-state index in [1.165, 1.54) is 18.7 Å². The summed E-state index contributed by atoms with van der Waals surface area (Å²) >= 11 is 0. The molecule has 0 saturated heterocycles. The summed E-state index contributed by atoms with van der Waals surface area (Å²) in [4.78, 5) is 31.8. The highest BCUT2D eigenvalue weighted by molar-refractivity contribution is 6.05. The minimum absolute atomic E-state index is 0.0839. The van der Waals surface area contributed by atoms with Crippen molar-refractivity contribution in [2.45, 2.75) is 45.1 Å². The Hall–Kier alpha value is -3.35. The predicted molar refractivity (Wildman–Crippen MR) is 115 cm³/mol. The normalized spacial score (nSPS) is 14.6. The van der Waals surface area contributed by atoms with Crippen molar-refractivity contribution >= 4 is 23.1 Å². The van der Waals surface area contributed by atoms with Gasteiger partial charge in [-0.15, -0.1) is 0 Å². The van der Waals surface area contributed by atoms with Gasteiger partial charge in [-0.3, -0.25) is 14.0 Å². The second-order valence-electron chi connectivity index (χ2n) is 7.64. The molecule has 1 saturated carbocycles. The lowest BCUT2D eigenvalue weighted by Gasteiger charge is -2.33. The minimum atomic E-state index is -0.388. The molecule has 7 heteroatoms. The molecule has 30 heavy (non-hydrogen) atoms. The van der Waals surface area contributed by atoms with E-state index < -0.39 is 0 Å². The van der Waals surface area contributed by atoms with E-state index in [4.69, 9.17) is 0 Å². The van der Waals surface area contributed by atoms with Crippen LogP contribution in [0.25, 0.3) is 5.65 Å². The fourth-order valence-electron chi connectivity index (χ4n) is 4.18. The molecule has 0 atom stereocenters. The number of carbonyl (C=O) groups is 2. The SMILES string of the molecule is CCN(C(=O)c1ccc(NC(=O)c2cnc3ccccn23)c(O)c1)C1CCCCC1. The molecule has 0 aliphatic heterocycles. The minimum Gasteiger partial charge on any atom is -0.506 e. The molecular formula is C23H26N4O3. The number of hydrogen-bond acceptors (Lipinski definition) is 4. The summed E-state index contributed by atoms with van der Waals surface area (Å²) in [6.07, 6.45) is 8.82. The number of amides is 2. The maximum absolute atomic E-state index is 13.0. The van der Waals surface area contributed by atoms with Crippen LogP contribution in [0.15, 0.2) is 48.8 Å². The van der Waals surface area contributed by atoms with Gasteiger partial charge in [0.15, 0.2) is 0 Å². The number of pyridine rings is 1. The molecule has 0 spiro atoms. The van der Waals surface area contributed by atoms with E-state index in [2.05, 4.69) is 10.3 Å². The molecular weight excluding hydrogens is 380 g/mol. The maximum Gasteiger partial charge on any atom is 0.274 e. The number of phenolic OH excluding ortho intramolecular Hbond substituents is 1. The van der Waals surface area contributed by atoms with Crippen molar-refractivity contribution in [3.05, 3.63) is 60.0 Å². The lowest BCUT2D eigenvalue weighted by molar-refractivity contribution is 0.0647. The van der Waals surface area contributed by atoms with Gasteiger partial charge in [0.2, 0.25) is 0 Å². The summed E-state index contributed by atoms with van der Waals surface area (Å²) in [5.41, 5.74) is 1.70. The number of fused-ring (bicyclic) bond motifs is 1. The van der Waals surface area contributed by atoms with Gasteiger partial charge in [-0.05, 0) is 50.1 Å². The van der Waals surface area contributed by atoms with Crippen LogP contribution < -0.4 is 5.32 Å². The summed E-state index contributed by atoms with van der Waals surface area (Å²) < 4.78 is 1.67. The maximum atomic E-state index is 13.0. The lowest BCUT2D eigenvalue weighted by atomic mass is 9.93. The largest absolute Gasteiger partial charge is 0.506 e. The van der Waals surface area contributed by atoms with E-state index in [1.54, 1.807) is 28.8 Å². The smallest absolute Gasteiger partial charge is 0.274 e. The van der Waals surface area contributed by atoms with E-state index in [-0.39, 0.29) is 29.3 Å². The zero-order valence-electron chi connectivity index (χ0n) is 17.0. The van der Waals surface area contributed by atoms with Gasteiger partial charge >= 0.3 is 0 Å². The third kappa shape index (κ3) is 3.87. The molecule has 2 heterocycles. The Bertz CT molecular complexity index is 1070. The first kappa shape index (κ1) is 19.9. The molecule has 1 fully saturated rings. The number of benzene rings is 1. The van der Waals surface area contributed by atoms with E-state index in [0.29, 0.717) is 23.4 Å². The van der Waals surface area contributed by atoms with Crippen LogP contribution in [0.3, 0.4) is 0 Å². The number of aromatic hydroxyl groups is 1. The summed E-state index contributed by atoms with van der Waals surface area (Å²) in [5.74, 6) is -0.609. The topological polar surface area (TPSA) is 86.9 Å². The molecule has 3 aromatic rings. The quantitative estimate of drug-likeness (QED) is 0.625. The first-order chi connectivity index (χ1) is 14.6. The third-order valence-corrected chi connectivity index (χ3v) is 5.76. The van der Waals surface area contributed by atoms with Gasteiger partial charge in [0.1, 0.15) is 17.1 Å². The third-order valence-electron chi connectivity index (χ3n) is 5.76. The van der Waals surface area contributed by atoms with Gasteiger partial charge in [-0.1, -0.05) is 25.3 Å². The first-order valence-electron chi connectivity index (χ1n) is 10.5. The molecule has 0 radical (unpaired) electrons. The van der Waals surface area contributed by atoms with Crippen LogP contribution in [0, 0.1) is 0 Å². The Morgan fingerprint density at radius 2 is 2.00 bits per heavy atom. The van der Waals surface area contributed by atoms with Crippen molar-refractivity contribution in [3.8, 4) is 5.75 Å². The molecule has 4 rings (SSSR count). The highest BCUT2D eigenvalue weighted by Crippen LogP contribution is 2.28. The molecule has 1 aliphatic rings. The number of carbonyl (C=O) groups excluding carboxylic acids is 2. The van der Waals surface area contributed by atoms with Crippen molar-refractivity contribution < 1.29 is 14.7 Å². The monoisotopic (exact) mass is 406 g/mol. The predicted octanol–water partition coefficient (Wildman–Crippen LogP) is 4.09. The Morgan fingerprint density at radius 3 is 2.73 bits per heavy atom. The van der Waals surface area contributed by atoms with Gasteiger partial charge in [0.25, 0.3) is 11.8 Å². The van der Waals surface area contributed by atoms with Crippen LogP contribution >= 0.6 is 0 Å². The molecule has 7 nitrogen and oxygen atoms in total. The van der Waals surface area contributed by atoms with Crippen molar-refractivity contribution in [3.63, 3.8) is 0 Å². The molecule has 0 bridgehead atoms. The molecule has 2 aromatic heterocycles. The molecule has 1 aliphatic carbocycles. The number of hydrogen-bond donors (Lipinski definition) is 2. The van der Waals surface area contributed by atoms with E-state index >= 15 is 0 Å². The Labute approximate surface area is 175 Å². The molecule has 156 valence electrons. The summed E-state index contributed by atoms with van der Waals surface area (Å²) in [7, 11) is 0. The van der Waals surface area contributed by atoms with Crippen molar-refractivity contribution in [1.82, 2.24) is 14.3 Å². The summed E-state index contributed by atoms with van der Waals surface area (Å²) in [5, 5.41) is 13.2. The summed E-state index contributed by atoms with van der Waals surface area (Å²) in [6, 6.07) is 10.4. The second-order valence-corrected chi connectivity index (χ2v) is 7.64. The Balaban J connectivity index is 1.51. The molecule has 2 amide bonds. The Kier molecular flexibility index (Phi) is 5.70. The van der Waals surface area contributed by atoms with Crippen LogP contribution in [0.2, 0.25) is 0 Å². The van der Waals surface area contributed by atoms with Gasteiger partial charge < -0.3 is 15.3 Å². The van der Waals surface area contributed by atoms with Crippen molar-refractivity contribution in [2.75, 3.05) is 11.9 Å². The molecule has 1 aromatic carbocycles. The van der Waals surface area contributed by atoms with Gasteiger partial charge in [0, 0.05) is 24.3 Å². The number of nitrogens with one attached hydrogen (secondary N) is 1. The fraction of sp³-hybridized carbons (Fsp3) is 0.348. The van der Waals surface area contributed by atoms with E-state index in [0.717, 1.165) is 25.7 Å². The number of anilines is 1.